The Labute approximate surface area is 179 Å². The average molecular weight is 442 g/mol. The number of nitrogens with zero attached hydrogens (tertiary/aromatic N) is 1. The number of aliphatic hydroxyl groups is 1. The maximum atomic E-state index is 14.0. The molecular weight excluding hydrogens is 415 g/mol. The molecule has 1 aromatic carbocycles. The standard InChI is InChI=1S/C20H26ClFN4O4/c1-11-2-3-12(6-14(11)21)17-25-18(30-16-9-23-8-15(16)27)13(10-26(17)29)7-24-19(28)20(22)4-5-20/h2-3,6,13,15-18,23,25,27H,4-5,7-10H2,1H3/p+1/t13?,15-,16+,17?,18?/m0/s1. The lowest BCUT2D eigenvalue weighted by Crippen LogP contribution is -2.57. The van der Waals surface area contributed by atoms with Crippen molar-refractivity contribution in [1.82, 2.24) is 16.0 Å². The van der Waals surface area contributed by atoms with Crippen molar-refractivity contribution in [1.29, 1.82) is 0 Å². The SMILES string of the molecule is Cc1ccc(C2NC(O[C@@H]3CNC[C@@H]3O)C(CNC(=O)C3(F)CC3)C[N+]2=O)cc1Cl. The average Bonchev–Trinajstić information content (AvgIpc) is 3.35. The summed E-state index contributed by atoms with van der Waals surface area (Å²) in [5, 5.41) is 19.5. The van der Waals surface area contributed by atoms with Crippen LogP contribution in [0.3, 0.4) is 0 Å². The first kappa shape index (κ1) is 21.6. The van der Waals surface area contributed by atoms with Crippen LogP contribution in [0, 0.1) is 17.7 Å². The number of nitroso groups, excluding NO2 is 1. The third-order valence-corrected chi connectivity index (χ3v) is 6.44. The Bertz CT molecular complexity index is 837. The lowest BCUT2D eigenvalue weighted by atomic mass is 10.0. The third kappa shape index (κ3) is 4.50. The molecule has 3 aliphatic rings. The Morgan fingerprint density at radius 1 is 1.43 bits per heavy atom. The lowest BCUT2D eigenvalue weighted by molar-refractivity contribution is -0.622. The van der Waals surface area contributed by atoms with Crippen LogP contribution in [0.2, 0.25) is 5.02 Å². The van der Waals surface area contributed by atoms with Crippen LogP contribution >= 0.6 is 11.6 Å². The summed E-state index contributed by atoms with van der Waals surface area (Å²) in [6.07, 6.45) is -1.97. The topological polar surface area (TPSA) is 103 Å². The number of rotatable bonds is 6. The molecule has 10 heteroatoms. The van der Waals surface area contributed by atoms with Crippen LogP contribution in [-0.2, 0) is 9.53 Å². The largest absolute Gasteiger partial charge is 0.389 e. The molecule has 2 aliphatic heterocycles. The van der Waals surface area contributed by atoms with Crippen molar-refractivity contribution in [2.24, 2.45) is 5.92 Å². The van der Waals surface area contributed by atoms with E-state index in [1.54, 1.807) is 6.07 Å². The lowest BCUT2D eigenvalue weighted by Gasteiger charge is -2.34. The molecule has 8 nitrogen and oxygen atoms in total. The van der Waals surface area contributed by atoms with Gasteiger partial charge in [0.15, 0.2) is 5.67 Å². The van der Waals surface area contributed by atoms with Crippen LogP contribution in [0.15, 0.2) is 18.2 Å². The van der Waals surface area contributed by atoms with Crippen molar-refractivity contribution >= 4 is 17.5 Å². The number of carbonyl (C=O) groups excluding carboxylic acids is 1. The number of alkyl halides is 1. The first-order chi connectivity index (χ1) is 14.3. The van der Waals surface area contributed by atoms with Gasteiger partial charge in [0.2, 0.25) is 6.54 Å². The van der Waals surface area contributed by atoms with Gasteiger partial charge in [-0.05, 0) is 31.4 Å². The maximum absolute atomic E-state index is 14.0. The number of benzene rings is 1. The normalized spacial score (nSPS) is 32.8. The summed E-state index contributed by atoms with van der Waals surface area (Å²) in [7, 11) is 0. The molecule has 1 saturated carbocycles. The maximum Gasteiger partial charge on any atom is 0.282 e. The first-order valence-electron chi connectivity index (χ1n) is 10.2. The molecule has 5 atom stereocenters. The number of aliphatic hydroxyl groups excluding tert-OH is 1. The summed E-state index contributed by atoms with van der Waals surface area (Å²) >= 11 is 6.23. The zero-order valence-electron chi connectivity index (χ0n) is 16.7. The summed E-state index contributed by atoms with van der Waals surface area (Å²) in [6.45, 7) is 2.95. The monoisotopic (exact) mass is 441 g/mol. The van der Waals surface area contributed by atoms with Crippen LogP contribution in [0.4, 0.5) is 4.39 Å². The molecule has 4 N–H and O–H groups in total. The van der Waals surface area contributed by atoms with E-state index in [9.17, 15) is 19.2 Å². The number of amides is 1. The molecule has 3 unspecified atom stereocenters. The second kappa shape index (κ2) is 8.47. The van der Waals surface area contributed by atoms with Crippen LogP contribution in [0.5, 0.6) is 0 Å². The molecule has 1 amide bonds. The molecule has 0 spiro atoms. The molecule has 2 saturated heterocycles. The second-order valence-electron chi connectivity index (χ2n) is 8.43. The Kier molecular flexibility index (Phi) is 6.09. The summed E-state index contributed by atoms with van der Waals surface area (Å²) in [5.41, 5.74) is -0.174. The van der Waals surface area contributed by atoms with Gasteiger partial charge >= 0.3 is 0 Å². The molecular formula is C20H27ClFN4O4+. The van der Waals surface area contributed by atoms with Crippen molar-refractivity contribution in [3.8, 4) is 0 Å². The molecule has 0 aromatic heterocycles. The quantitative estimate of drug-likeness (QED) is 0.490. The fourth-order valence-electron chi connectivity index (χ4n) is 3.86. The van der Waals surface area contributed by atoms with Gasteiger partial charge in [0, 0.05) is 39.9 Å². The van der Waals surface area contributed by atoms with Gasteiger partial charge in [0.05, 0.1) is 18.1 Å². The number of ether oxygens (including phenoxy) is 1. The van der Waals surface area contributed by atoms with E-state index in [4.69, 9.17) is 16.3 Å². The highest BCUT2D eigenvalue weighted by Crippen LogP contribution is 2.39. The highest BCUT2D eigenvalue weighted by atomic mass is 35.5. The number of halogens is 2. The Hall–Kier alpha value is -1.65. The van der Waals surface area contributed by atoms with Crippen molar-refractivity contribution in [2.45, 2.75) is 50.0 Å². The van der Waals surface area contributed by atoms with Gasteiger partial charge in [-0.1, -0.05) is 23.7 Å². The summed E-state index contributed by atoms with van der Waals surface area (Å²) in [4.78, 5) is 24.8. The van der Waals surface area contributed by atoms with E-state index in [-0.39, 0.29) is 25.9 Å². The van der Waals surface area contributed by atoms with Crippen LogP contribution in [0.1, 0.15) is 30.1 Å². The van der Waals surface area contributed by atoms with Gasteiger partial charge in [-0.2, -0.15) is 0 Å². The van der Waals surface area contributed by atoms with Crippen molar-refractivity contribution < 1.29 is 23.8 Å². The third-order valence-electron chi connectivity index (χ3n) is 6.03. The molecule has 0 radical (unpaired) electrons. The van der Waals surface area contributed by atoms with Gasteiger partial charge in [-0.3, -0.25) is 4.79 Å². The molecule has 30 heavy (non-hydrogen) atoms. The number of carbonyl (C=O) groups is 1. The Morgan fingerprint density at radius 3 is 2.83 bits per heavy atom. The van der Waals surface area contributed by atoms with Crippen molar-refractivity contribution in [3.05, 3.63) is 39.3 Å². The molecule has 3 fully saturated rings. The minimum atomic E-state index is -1.78. The zero-order chi connectivity index (χ0) is 21.5. The van der Waals surface area contributed by atoms with E-state index in [0.29, 0.717) is 23.7 Å². The molecule has 4 rings (SSSR count). The second-order valence-corrected chi connectivity index (χ2v) is 8.84. The molecule has 164 valence electrons. The number of nitrogens with one attached hydrogen (secondary N) is 3. The number of β-amino-alcohol motifs (C(OH)–C–C–N with tert-alkyl or cyclic N) is 1. The number of hydrogen-bond donors (Lipinski definition) is 4. The molecule has 1 aliphatic carbocycles. The van der Waals surface area contributed by atoms with Crippen LogP contribution in [-0.4, -0.2) is 66.1 Å². The number of hydrogen-bond acceptors (Lipinski definition) is 6. The fraction of sp³-hybridized carbons (Fsp3) is 0.650. The van der Waals surface area contributed by atoms with E-state index in [2.05, 4.69) is 16.0 Å². The highest BCUT2D eigenvalue weighted by molar-refractivity contribution is 6.31. The van der Waals surface area contributed by atoms with E-state index in [0.717, 1.165) is 10.3 Å². The predicted octanol–water partition coefficient (Wildman–Crippen LogP) is 0.939. The fourth-order valence-corrected chi connectivity index (χ4v) is 4.05. The van der Waals surface area contributed by atoms with Gasteiger partial charge in [0.1, 0.15) is 6.23 Å². The zero-order valence-corrected chi connectivity index (χ0v) is 17.5. The minimum absolute atomic E-state index is 0.0731. The molecule has 2 heterocycles. The smallest absolute Gasteiger partial charge is 0.282 e. The van der Waals surface area contributed by atoms with Crippen LogP contribution < -0.4 is 16.0 Å². The predicted molar refractivity (Wildman–Crippen MR) is 108 cm³/mol. The van der Waals surface area contributed by atoms with E-state index < -0.39 is 42.1 Å². The molecule has 0 bridgehead atoms. The van der Waals surface area contributed by atoms with Gasteiger partial charge in [-0.25, -0.2) is 9.71 Å². The van der Waals surface area contributed by atoms with Gasteiger partial charge in [0.25, 0.3) is 12.1 Å². The molecule has 1 aromatic rings. The number of aryl methyl sites for hydroxylation is 1. The van der Waals surface area contributed by atoms with E-state index >= 15 is 0 Å². The van der Waals surface area contributed by atoms with Gasteiger partial charge < -0.3 is 20.5 Å². The Morgan fingerprint density at radius 2 is 2.20 bits per heavy atom. The summed E-state index contributed by atoms with van der Waals surface area (Å²) in [5.74, 6) is -1.06. The summed E-state index contributed by atoms with van der Waals surface area (Å²) < 4.78 is 20.9. The van der Waals surface area contributed by atoms with Gasteiger partial charge in [-0.15, -0.1) is 0 Å². The van der Waals surface area contributed by atoms with Crippen molar-refractivity contribution in [3.63, 3.8) is 0 Å². The van der Waals surface area contributed by atoms with E-state index in [1.165, 1.54) is 0 Å². The van der Waals surface area contributed by atoms with E-state index in [1.807, 2.05) is 19.1 Å². The Balaban J connectivity index is 1.49. The van der Waals surface area contributed by atoms with Crippen LogP contribution in [0.25, 0.3) is 0 Å². The van der Waals surface area contributed by atoms with Crippen molar-refractivity contribution in [2.75, 3.05) is 26.2 Å². The highest BCUT2D eigenvalue weighted by Gasteiger charge is 2.51. The first-order valence-corrected chi connectivity index (χ1v) is 10.6. The summed E-state index contributed by atoms with van der Waals surface area (Å²) in [6, 6.07) is 5.41. The minimum Gasteiger partial charge on any atom is -0.389 e.